The van der Waals surface area contributed by atoms with Crippen molar-refractivity contribution in [3.63, 3.8) is 0 Å². The van der Waals surface area contributed by atoms with Gasteiger partial charge in [0.15, 0.2) is 9.84 Å². The van der Waals surface area contributed by atoms with Gasteiger partial charge in [-0.3, -0.25) is 0 Å². The van der Waals surface area contributed by atoms with E-state index >= 15 is 0 Å². The van der Waals surface area contributed by atoms with Crippen LogP contribution in [0.5, 0.6) is 0 Å². The lowest BCUT2D eigenvalue weighted by Gasteiger charge is -2.25. The largest absolute Gasteiger partial charge is 0.402 e. The Morgan fingerprint density at radius 2 is 1.67 bits per heavy atom. The van der Waals surface area contributed by atoms with Crippen molar-refractivity contribution in [3.05, 3.63) is 0 Å². The fraction of sp³-hybridized carbons (Fsp3) is 1.00. The summed E-state index contributed by atoms with van der Waals surface area (Å²) in [6, 6.07) is 0. The number of sulfone groups is 1. The van der Waals surface area contributed by atoms with Crippen LogP contribution in [0, 0.1) is 0 Å². The summed E-state index contributed by atoms with van der Waals surface area (Å²) in [5.74, 6) is -1.91. The van der Waals surface area contributed by atoms with Crippen molar-refractivity contribution < 1.29 is 26.0 Å². The molecule has 0 heterocycles. The van der Waals surface area contributed by atoms with E-state index in [-0.39, 0.29) is 12.8 Å². The lowest BCUT2D eigenvalue weighted by atomic mass is 9.98. The molecule has 0 bridgehead atoms. The van der Waals surface area contributed by atoms with Crippen LogP contribution in [0.3, 0.4) is 0 Å². The van der Waals surface area contributed by atoms with Crippen molar-refractivity contribution in [3.8, 4) is 0 Å². The molecule has 90 valence electrons. The molecule has 2 nitrogen and oxygen atoms in total. The maximum atomic E-state index is 13.2. The van der Waals surface area contributed by atoms with Gasteiger partial charge in [-0.05, 0) is 12.8 Å². The highest BCUT2D eigenvalue weighted by Gasteiger charge is 2.43. The van der Waals surface area contributed by atoms with Crippen molar-refractivity contribution >= 4 is 9.84 Å². The van der Waals surface area contributed by atoms with Gasteiger partial charge in [-0.15, -0.1) is 0 Å². The van der Waals surface area contributed by atoms with E-state index in [2.05, 4.69) is 0 Å². The van der Waals surface area contributed by atoms with E-state index in [0.717, 1.165) is 0 Å². The molecule has 0 aromatic carbocycles. The standard InChI is InChI=1S/C8H12F4O2S/c9-6-3-1-2-4-7(6)15(13,14)5-8(10,11)12/h6-7H,1-5H2. The quantitative estimate of drug-likeness (QED) is 0.702. The van der Waals surface area contributed by atoms with E-state index in [0.29, 0.717) is 12.8 Å². The molecule has 0 aromatic rings. The Labute approximate surface area is 85.6 Å². The first-order valence-electron chi connectivity index (χ1n) is 4.65. The Hall–Kier alpha value is -0.330. The number of alkyl halides is 4. The summed E-state index contributed by atoms with van der Waals surface area (Å²) >= 11 is 0. The molecule has 1 saturated carbocycles. The number of hydrogen-bond acceptors (Lipinski definition) is 2. The predicted octanol–water partition coefficient (Wildman–Crippen LogP) is 2.24. The highest BCUT2D eigenvalue weighted by atomic mass is 32.2. The van der Waals surface area contributed by atoms with Gasteiger partial charge in [0.1, 0.15) is 11.9 Å². The SMILES string of the molecule is O=S(=O)(CC(F)(F)F)C1CCCCC1F. The Balaban J connectivity index is 2.76. The molecular formula is C8H12F4O2S. The average Bonchev–Trinajstić information content (AvgIpc) is 1.99. The van der Waals surface area contributed by atoms with Gasteiger partial charge in [0, 0.05) is 0 Å². The van der Waals surface area contributed by atoms with E-state index in [1.807, 2.05) is 0 Å². The summed E-state index contributed by atoms with van der Waals surface area (Å²) in [6.45, 7) is 0. The zero-order chi connectivity index (χ0) is 11.7. The van der Waals surface area contributed by atoms with Gasteiger partial charge in [-0.2, -0.15) is 13.2 Å². The third kappa shape index (κ3) is 3.62. The molecule has 1 aliphatic carbocycles. The van der Waals surface area contributed by atoms with Gasteiger partial charge < -0.3 is 0 Å². The molecule has 0 spiro atoms. The second-order valence-electron chi connectivity index (χ2n) is 3.76. The second-order valence-corrected chi connectivity index (χ2v) is 5.98. The lowest BCUT2D eigenvalue weighted by Crippen LogP contribution is -2.39. The molecular weight excluding hydrogens is 236 g/mol. The molecule has 0 radical (unpaired) electrons. The van der Waals surface area contributed by atoms with Crippen molar-refractivity contribution in [2.24, 2.45) is 0 Å². The summed E-state index contributed by atoms with van der Waals surface area (Å²) in [5.41, 5.74) is 0. The molecule has 7 heteroatoms. The summed E-state index contributed by atoms with van der Waals surface area (Å²) < 4.78 is 71.5. The van der Waals surface area contributed by atoms with E-state index < -0.39 is 33.2 Å². The molecule has 0 saturated heterocycles. The Bertz CT molecular complexity index is 309. The van der Waals surface area contributed by atoms with Crippen molar-refractivity contribution in [2.75, 3.05) is 5.75 Å². The Kier molecular flexibility index (Phi) is 3.63. The van der Waals surface area contributed by atoms with Crippen LogP contribution in [0.25, 0.3) is 0 Å². The van der Waals surface area contributed by atoms with Crippen LogP contribution in [-0.2, 0) is 9.84 Å². The van der Waals surface area contributed by atoms with Gasteiger partial charge in [0.05, 0.1) is 5.25 Å². The minimum atomic E-state index is -4.78. The summed E-state index contributed by atoms with van der Waals surface area (Å²) in [6.07, 6.45) is -5.37. The predicted molar refractivity (Wildman–Crippen MR) is 47.0 cm³/mol. The van der Waals surface area contributed by atoms with E-state index in [4.69, 9.17) is 0 Å². The zero-order valence-corrected chi connectivity index (χ0v) is 8.74. The van der Waals surface area contributed by atoms with Crippen LogP contribution in [0.2, 0.25) is 0 Å². The normalized spacial score (nSPS) is 29.1. The van der Waals surface area contributed by atoms with Crippen LogP contribution in [0.4, 0.5) is 17.6 Å². The zero-order valence-electron chi connectivity index (χ0n) is 7.93. The van der Waals surface area contributed by atoms with E-state index in [1.54, 1.807) is 0 Å². The van der Waals surface area contributed by atoms with E-state index in [9.17, 15) is 26.0 Å². The fourth-order valence-corrected chi connectivity index (χ4v) is 3.57. The van der Waals surface area contributed by atoms with Crippen molar-refractivity contribution in [1.29, 1.82) is 0 Å². The van der Waals surface area contributed by atoms with Crippen LogP contribution in [0.1, 0.15) is 25.7 Å². The highest BCUT2D eigenvalue weighted by Crippen LogP contribution is 2.30. The highest BCUT2D eigenvalue weighted by molar-refractivity contribution is 7.92. The third-order valence-electron chi connectivity index (χ3n) is 2.45. The third-order valence-corrected chi connectivity index (χ3v) is 4.63. The van der Waals surface area contributed by atoms with Gasteiger partial charge in [0.2, 0.25) is 0 Å². The maximum Gasteiger partial charge on any atom is 0.402 e. The first-order chi connectivity index (χ1) is 6.72. The number of rotatable bonds is 2. The van der Waals surface area contributed by atoms with Gasteiger partial charge in [-0.1, -0.05) is 12.8 Å². The summed E-state index contributed by atoms with van der Waals surface area (Å²) in [5, 5.41) is -1.46. The molecule has 2 atom stereocenters. The number of hydrogen-bond donors (Lipinski definition) is 0. The lowest BCUT2D eigenvalue weighted by molar-refractivity contribution is -0.106. The first-order valence-corrected chi connectivity index (χ1v) is 6.36. The molecule has 1 aliphatic rings. The topological polar surface area (TPSA) is 34.1 Å². The minimum absolute atomic E-state index is 0.000417. The molecule has 0 aliphatic heterocycles. The molecule has 2 unspecified atom stereocenters. The van der Waals surface area contributed by atoms with Crippen LogP contribution >= 0.6 is 0 Å². The van der Waals surface area contributed by atoms with Crippen molar-refractivity contribution in [2.45, 2.75) is 43.3 Å². The average molecular weight is 248 g/mol. The second kappa shape index (κ2) is 4.27. The first kappa shape index (κ1) is 12.7. The Morgan fingerprint density at radius 1 is 1.13 bits per heavy atom. The van der Waals surface area contributed by atoms with Crippen LogP contribution in [0.15, 0.2) is 0 Å². The van der Waals surface area contributed by atoms with Crippen LogP contribution in [-0.4, -0.2) is 31.8 Å². The van der Waals surface area contributed by atoms with Gasteiger partial charge in [-0.25, -0.2) is 12.8 Å². The smallest absolute Gasteiger partial charge is 0.246 e. The molecule has 0 amide bonds. The monoisotopic (exact) mass is 248 g/mol. The summed E-state index contributed by atoms with van der Waals surface area (Å²) in [4.78, 5) is 0. The number of halogens is 4. The maximum absolute atomic E-state index is 13.2. The summed E-state index contributed by atoms with van der Waals surface area (Å²) in [7, 11) is -4.39. The molecule has 0 N–H and O–H groups in total. The molecule has 15 heavy (non-hydrogen) atoms. The van der Waals surface area contributed by atoms with Gasteiger partial charge >= 0.3 is 6.18 Å². The van der Waals surface area contributed by atoms with Crippen molar-refractivity contribution in [1.82, 2.24) is 0 Å². The van der Waals surface area contributed by atoms with Gasteiger partial charge in [0.25, 0.3) is 0 Å². The molecule has 1 fully saturated rings. The minimum Gasteiger partial charge on any atom is -0.246 e. The molecule has 0 aromatic heterocycles. The molecule has 1 rings (SSSR count). The van der Waals surface area contributed by atoms with E-state index in [1.165, 1.54) is 0 Å². The Morgan fingerprint density at radius 3 is 2.13 bits per heavy atom. The fourth-order valence-electron chi connectivity index (χ4n) is 1.79. The van der Waals surface area contributed by atoms with Crippen LogP contribution < -0.4 is 0 Å².